The van der Waals surface area contributed by atoms with Crippen molar-refractivity contribution in [1.82, 2.24) is 5.32 Å². The fourth-order valence-corrected chi connectivity index (χ4v) is 2.88. The molecule has 1 heterocycles. The van der Waals surface area contributed by atoms with Crippen molar-refractivity contribution < 1.29 is 13.2 Å². The van der Waals surface area contributed by atoms with Crippen LogP contribution in [-0.4, -0.2) is 38.8 Å². The molecule has 11 heavy (non-hydrogen) atoms. The van der Waals surface area contributed by atoms with Crippen LogP contribution in [0.5, 0.6) is 0 Å². The first-order chi connectivity index (χ1) is 5.14. The minimum atomic E-state index is -2.80. The summed E-state index contributed by atoms with van der Waals surface area (Å²) in [6.45, 7) is 0.250. The van der Waals surface area contributed by atoms with E-state index in [9.17, 15) is 13.2 Å². The Hall–Kier alpha value is -0.420. The van der Waals surface area contributed by atoms with Gasteiger partial charge in [0.15, 0.2) is 9.84 Å². The predicted molar refractivity (Wildman–Crippen MR) is 41.1 cm³/mol. The summed E-state index contributed by atoms with van der Waals surface area (Å²) in [6, 6.07) is -0.00907. The Balaban J connectivity index is 2.36. The Kier molecular flexibility index (Phi) is 2.62. The largest absolute Gasteiger partial charge is 0.306 e. The van der Waals surface area contributed by atoms with Crippen LogP contribution in [0.1, 0.15) is 6.42 Å². The van der Waals surface area contributed by atoms with Gasteiger partial charge in [-0.1, -0.05) is 0 Å². The zero-order valence-electron chi connectivity index (χ0n) is 6.12. The van der Waals surface area contributed by atoms with Gasteiger partial charge in [-0.25, -0.2) is 8.42 Å². The molecule has 0 amide bonds. The maximum atomic E-state index is 10.9. The van der Waals surface area contributed by atoms with E-state index in [0.29, 0.717) is 6.42 Å². The molecule has 5 heteroatoms. The highest BCUT2D eigenvalue weighted by atomic mass is 32.2. The first-order valence-corrected chi connectivity index (χ1v) is 5.33. The van der Waals surface area contributed by atoms with Crippen LogP contribution in [0.15, 0.2) is 0 Å². The average Bonchev–Trinajstić information content (AvgIpc) is 2.26. The predicted octanol–water partition coefficient (Wildman–Crippen LogP) is -1.04. The van der Waals surface area contributed by atoms with Gasteiger partial charge in [0, 0.05) is 6.04 Å². The fourth-order valence-electron chi connectivity index (χ4n) is 1.17. The molecule has 1 rings (SSSR count). The normalized spacial score (nSPS) is 28.5. The summed E-state index contributed by atoms with van der Waals surface area (Å²) in [6.07, 6.45) is 1.38. The molecule has 1 N–H and O–H groups in total. The van der Waals surface area contributed by atoms with Gasteiger partial charge in [0.05, 0.1) is 18.1 Å². The van der Waals surface area contributed by atoms with Crippen LogP contribution < -0.4 is 5.32 Å². The first kappa shape index (κ1) is 8.67. The number of sulfone groups is 1. The van der Waals surface area contributed by atoms with E-state index >= 15 is 0 Å². The second-order valence-electron chi connectivity index (χ2n) is 2.67. The van der Waals surface area contributed by atoms with Crippen LogP contribution in [0.3, 0.4) is 0 Å². The standard InChI is InChI=1S/C6H11NO3S/c8-3-2-7-6-1-4-11(9,10)5-6/h3,6-7H,1-2,4-5H2. The van der Waals surface area contributed by atoms with Crippen molar-refractivity contribution in [1.29, 1.82) is 0 Å². The molecular weight excluding hydrogens is 166 g/mol. The minimum Gasteiger partial charge on any atom is -0.306 e. The molecule has 1 fully saturated rings. The fraction of sp³-hybridized carbons (Fsp3) is 0.833. The lowest BCUT2D eigenvalue weighted by Gasteiger charge is -2.05. The maximum Gasteiger partial charge on any atom is 0.151 e. The molecule has 1 aliphatic heterocycles. The summed E-state index contributed by atoms with van der Waals surface area (Å²) in [7, 11) is -2.80. The molecule has 1 aliphatic rings. The third-order valence-corrected chi connectivity index (χ3v) is 3.49. The lowest BCUT2D eigenvalue weighted by Crippen LogP contribution is -2.31. The summed E-state index contributed by atoms with van der Waals surface area (Å²) in [5.41, 5.74) is 0. The van der Waals surface area contributed by atoms with Crippen LogP contribution in [-0.2, 0) is 14.6 Å². The average molecular weight is 177 g/mol. The van der Waals surface area contributed by atoms with Crippen molar-refractivity contribution in [3.05, 3.63) is 0 Å². The molecule has 1 unspecified atom stereocenters. The van der Waals surface area contributed by atoms with Crippen molar-refractivity contribution in [2.75, 3.05) is 18.1 Å². The van der Waals surface area contributed by atoms with Crippen molar-refractivity contribution in [3.63, 3.8) is 0 Å². The summed E-state index contributed by atoms with van der Waals surface area (Å²) in [4.78, 5) is 9.91. The van der Waals surface area contributed by atoms with Crippen LogP contribution in [0.25, 0.3) is 0 Å². The van der Waals surface area contributed by atoms with Gasteiger partial charge in [-0.2, -0.15) is 0 Å². The van der Waals surface area contributed by atoms with Gasteiger partial charge in [-0.3, -0.25) is 0 Å². The first-order valence-electron chi connectivity index (χ1n) is 3.51. The Morgan fingerprint density at radius 2 is 2.27 bits per heavy atom. The van der Waals surface area contributed by atoms with Gasteiger partial charge in [0.2, 0.25) is 0 Å². The quantitative estimate of drug-likeness (QED) is 0.559. The lowest BCUT2D eigenvalue weighted by molar-refractivity contribution is -0.107. The smallest absolute Gasteiger partial charge is 0.151 e. The Labute approximate surface area is 65.9 Å². The third-order valence-electron chi connectivity index (χ3n) is 1.72. The molecule has 1 saturated heterocycles. The van der Waals surface area contributed by atoms with Gasteiger partial charge in [0.1, 0.15) is 6.29 Å². The highest BCUT2D eigenvalue weighted by Gasteiger charge is 2.26. The lowest BCUT2D eigenvalue weighted by atomic mass is 10.3. The van der Waals surface area contributed by atoms with E-state index in [1.807, 2.05) is 0 Å². The highest BCUT2D eigenvalue weighted by molar-refractivity contribution is 7.91. The zero-order chi connectivity index (χ0) is 8.32. The molecule has 0 aliphatic carbocycles. The monoisotopic (exact) mass is 177 g/mol. The number of carbonyl (C=O) groups excluding carboxylic acids is 1. The minimum absolute atomic E-state index is 0.00907. The molecule has 0 spiro atoms. The van der Waals surface area contributed by atoms with Crippen LogP contribution in [0, 0.1) is 0 Å². The number of nitrogens with one attached hydrogen (secondary N) is 1. The topological polar surface area (TPSA) is 63.2 Å². The molecule has 0 radical (unpaired) electrons. The molecule has 1 atom stereocenters. The molecule has 4 nitrogen and oxygen atoms in total. The summed E-state index contributed by atoms with van der Waals surface area (Å²) in [5.74, 6) is 0.435. The zero-order valence-corrected chi connectivity index (χ0v) is 6.93. The van der Waals surface area contributed by atoms with E-state index in [1.54, 1.807) is 0 Å². The van der Waals surface area contributed by atoms with Crippen molar-refractivity contribution >= 4 is 16.1 Å². The van der Waals surface area contributed by atoms with Crippen molar-refractivity contribution in [2.24, 2.45) is 0 Å². The summed E-state index contributed by atoms with van der Waals surface area (Å²) in [5, 5.41) is 2.84. The molecule has 0 aromatic rings. The summed E-state index contributed by atoms with van der Waals surface area (Å²) < 4.78 is 21.8. The van der Waals surface area contributed by atoms with Gasteiger partial charge in [0.25, 0.3) is 0 Å². The van der Waals surface area contributed by atoms with Crippen LogP contribution in [0.2, 0.25) is 0 Å². The number of hydrogen-bond acceptors (Lipinski definition) is 4. The second kappa shape index (κ2) is 3.32. The van der Waals surface area contributed by atoms with Crippen LogP contribution >= 0.6 is 0 Å². The molecule has 0 saturated carbocycles. The highest BCUT2D eigenvalue weighted by Crippen LogP contribution is 2.10. The third kappa shape index (κ3) is 2.59. The van der Waals surface area contributed by atoms with E-state index in [2.05, 4.69) is 5.32 Å². The van der Waals surface area contributed by atoms with Gasteiger partial charge < -0.3 is 10.1 Å². The number of carbonyl (C=O) groups is 1. The van der Waals surface area contributed by atoms with E-state index in [0.717, 1.165) is 6.29 Å². The molecule has 0 aromatic heterocycles. The Bertz CT molecular complexity index is 234. The summed E-state index contributed by atoms with van der Waals surface area (Å²) >= 11 is 0. The number of aldehydes is 1. The van der Waals surface area contributed by atoms with Crippen LogP contribution in [0.4, 0.5) is 0 Å². The molecular formula is C6H11NO3S. The van der Waals surface area contributed by atoms with Gasteiger partial charge in [-0.15, -0.1) is 0 Å². The van der Waals surface area contributed by atoms with Gasteiger partial charge >= 0.3 is 0 Å². The SMILES string of the molecule is O=CCNC1CCS(=O)(=O)C1. The Morgan fingerprint density at radius 3 is 2.73 bits per heavy atom. The van der Waals surface area contributed by atoms with Gasteiger partial charge in [-0.05, 0) is 6.42 Å². The van der Waals surface area contributed by atoms with E-state index in [4.69, 9.17) is 0 Å². The van der Waals surface area contributed by atoms with Crippen molar-refractivity contribution in [2.45, 2.75) is 12.5 Å². The number of rotatable bonds is 3. The molecule has 64 valence electrons. The van der Waals surface area contributed by atoms with E-state index in [-0.39, 0.29) is 24.1 Å². The van der Waals surface area contributed by atoms with E-state index in [1.165, 1.54) is 0 Å². The van der Waals surface area contributed by atoms with E-state index < -0.39 is 9.84 Å². The Morgan fingerprint density at radius 1 is 1.55 bits per heavy atom. The van der Waals surface area contributed by atoms with Crippen molar-refractivity contribution in [3.8, 4) is 0 Å². The maximum absolute atomic E-state index is 10.9. The second-order valence-corrected chi connectivity index (χ2v) is 4.90. The number of hydrogen-bond donors (Lipinski definition) is 1. The molecule has 0 aromatic carbocycles. The molecule has 0 bridgehead atoms.